The molecule has 3 fully saturated rings. The smallest absolute Gasteiger partial charge is 0.387 e. The summed E-state index contributed by atoms with van der Waals surface area (Å²) in [5.41, 5.74) is -1.34. The minimum atomic E-state index is -3.00. The first kappa shape index (κ1) is 52.1. The quantitative estimate of drug-likeness (QED) is 0.135. The molecule has 18 heteroatoms. The lowest BCUT2D eigenvalue weighted by Gasteiger charge is -2.38. The fourth-order valence-electron chi connectivity index (χ4n) is 8.09. The molecule has 3 saturated heterocycles. The van der Waals surface area contributed by atoms with E-state index >= 15 is 0 Å². The predicted molar refractivity (Wildman–Crippen MR) is 229 cm³/mol. The number of benzene rings is 3. The minimum Gasteiger partial charge on any atom is -0.433 e. The Balaban J connectivity index is 0.000000208. The third-order valence-corrected chi connectivity index (χ3v) is 12.4. The van der Waals surface area contributed by atoms with Crippen LogP contribution < -0.4 is 14.2 Å². The monoisotopic (exact) mass is 934 g/mol. The Bertz CT molecular complexity index is 1920. The molecule has 0 spiro atoms. The lowest BCUT2D eigenvalue weighted by molar-refractivity contribution is -0.0517. The van der Waals surface area contributed by atoms with Crippen molar-refractivity contribution in [2.24, 2.45) is 0 Å². The van der Waals surface area contributed by atoms with E-state index in [1.807, 2.05) is 6.07 Å². The Morgan fingerprint density at radius 2 is 0.873 bits per heavy atom. The van der Waals surface area contributed by atoms with Gasteiger partial charge >= 0.3 is 19.8 Å². The maximum absolute atomic E-state index is 12.4. The van der Waals surface area contributed by atoms with Gasteiger partial charge in [0.2, 0.25) is 0 Å². The maximum atomic E-state index is 12.4. The lowest BCUT2D eigenvalue weighted by atomic mass is 9.84. The minimum absolute atomic E-state index is 0.0380. The second kappa shape index (κ2) is 24.1. The molecule has 0 aromatic heterocycles. The molecule has 63 heavy (non-hydrogen) atoms. The second-order valence-electron chi connectivity index (χ2n) is 16.0. The van der Waals surface area contributed by atoms with Crippen LogP contribution in [0.4, 0.5) is 26.3 Å². The topological polar surface area (TPSA) is 122 Å². The van der Waals surface area contributed by atoms with Gasteiger partial charge in [-0.25, -0.2) is 0 Å². The van der Waals surface area contributed by atoms with Crippen LogP contribution in [0.5, 0.6) is 17.2 Å². The number of ether oxygens (including phenoxy) is 3. The Labute approximate surface area is 375 Å². The normalized spacial score (nSPS) is 18.8. The number of likely N-dealkylation sites (tertiary alicyclic amines) is 3. The third-order valence-electron chi connectivity index (χ3n) is 11.8. The molecule has 3 N–H and O–H groups in total. The number of hydrogen-bond donors (Lipinski definition) is 3. The Morgan fingerprint density at radius 3 is 1.19 bits per heavy atom. The van der Waals surface area contributed by atoms with E-state index in [4.69, 9.17) is 28.5 Å². The van der Waals surface area contributed by atoms with Crippen LogP contribution in [0.15, 0.2) is 54.6 Å². The van der Waals surface area contributed by atoms with Crippen molar-refractivity contribution in [2.45, 2.75) is 109 Å². The van der Waals surface area contributed by atoms with E-state index < -0.39 is 36.6 Å². The molecule has 0 amide bonds. The number of nitrogens with zero attached hydrogens (tertiary/aromatic N) is 4. The van der Waals surface area contributed by atoms with Crippen molar-refractivity contribution in [3.8, 4) is 23.3 Å². The fraction of sp³-hybridized carbons (Fsp3) is 0.578. The summed E-state index contributed by atoms with van der Waals surface area (Å²) in [4.78, 5) is 6.80. The van der Waals surface area contributed by atoms with Gasteiger partial charge in [-0.2, -0.15) is 31.6 Å². The molecule has 350 valence electrons. The van der Waals surface area contributed by atoms with Crippen molar-refractivity contribution >= 4 is 23.2 Å². The summed E-state index contributed by atoms with van der Waals surface area (Å²) in [7, 11) is 0. The van der Waals surface area contributed by atoms with Gasteiger partial charge in [0, 0.05) is 39.3 Å². The van der Waals surface area contributed by atoms with Crippen LogP contribution in [0.1, 0.15) is 94.4 Å². The first-order valence-corrected chi connectivity index (χ1v) is 22.0. The number of aliphatic hydroxyl groups is 3. The lowest BCUT2D eigenvalue weighted by Crippen LogP contribution is -2.42. The summed E-state index contributed by atoms with van der Waals surface area (Å²) < 4.78 is 87.4. The number of rotatable bonds is 14. The highest BCUT2D eigenvalue weighted by Crippen LogP contribution is 2.40. The molecule has 3 aromatic carbocycles. The molecule has 0 unspecified atom stereocenters. The van der Waals surface area contributed by atoms with Gasteiger partial charge in [0.1, 0.15) is 23.3 Å². The van der Waals surface area contributed by atoms with Crippen LogP contribution in [0.3, 0.4) is 0 Å². The zero-order valence-electron chi connectivity index (χ0n) is 35.8. The van der Waals surface area contributed by atoms with Gasteiger partial charge < -0.3 is 44.2 Å². The number of halogens is 8. The molecular weight excluding hydrogens is 877 g/mol. The van der Waals surface area contributed by atoms with Crippen molar-refractivity contribution in [1.29, 1.82) is 5.26 Å². The summed E-state index contributed by atoms with van der Waals surface area (Å²) in [6.45, 7) is 5.03. The molecule has 0 radical (unpaired) electrons. The van der Waals surface area contributed by atoms with Crippen LogP contribution in [-0.4, -0.2) is 109 Å². The van der Waals surface area contributed by atoms with Gasteiger partial charge in [0.15, 0.2) is 0 Å². The molecular formula is C45H58Cl2F6N4O6. The summed E-state index contributed by atoms with van der Waals surface area (Å²) in [5.74, 6) is -0.362. The molecule has 0 atom stereocenters. The van der Waals surface area contributed by atoms with Crippen molar-refractivity contribution in [3.63, 3.8) is 0 Å². The van der Waals surface area contributed by atoms with Gasteiger partial charge in [0.25, 0.3) is 0 Å². The average molecular weight is 936 g/mol. The van der Waals surface area contributed by atoms with Gasteiger partial charge in [-0.05, 0) is 124 Å². The van der Waals surface area contributed by atoms with Gasteiger partial charge in [0.05, 0.1) is 32.4 Å². The molecule has 0 aliphatic carbocycles. The molecule has 0 bridgehead atoms. The first-order chi connectivity index (χ1) is 29.9. The zero-order valence-corrected chi connectivity index (χ0v) is 37.3. The van der Waals surface area contributed by atoms with E-state index in [9.17, 15) is 41.7 Å². The fourth-order valence-corrected chi connectivity index (χ4v) is 8.41. The zero-order chi connectivity index (χ0) is 46.4. The summed E-state index contributed by atoms with van der Waals surface area (Å²) in [6, 6.07) is 15.4. The summed E-state index contributed by atoms with van der Waals surface area (Å²) in [5, 5.41) is 41.4. The van der Waals surface area contributed by atoms with Crippen LogP contribution >= 0.6 is 23.2 Å². The molecule has 10 nitrogen and oxygen atoms in total. The molecule has 3 aliphatic heterocycles. The van der Waals surface area contributed by atoms with E-state index in [-0.39, 0.29) is 32.9 Å². The summed E-state index contributed by atoms with van der Waals surface area (Å²) in [6.07, 6.45) is 5.48. The van der Waals surface area contributed by atoms with Crippen molar-refractivity contribution in [3.05, 3.63) is 86.9 Å². The highest BCUT2D eigenvalue weighted by atomic mass is 35.5. The Hall–Kier alpha value is -3.53. The number of alkyl halides is 6. The molecule has 3 heterocycles. The molecule has 3 aromatic rings. The molecule has 0 saturated carbocycles. The standard InChI is InChI=1S/C16H20F2N2O2.C15H20ClF2NO2.C14H18ClF2NO2/c1-2-7-20-8-5-16(21,6-9-20)13-4-3-12(11-19)14(10-13)22-15(17)18;1-2-7-19-8-5-15(20,6-9-19)11-3-4-12(16)13(10-11)21-14(17)18;1-2-18-7-5-14(19,6-8-18)10-3-4-11(15)12(9-10)20-13(16)17/h3-4,10,15,21H,2,5-9H2,1H3;3-4,10,14,20H,2,5-9H2,1H3;3-4,9,13,19H,2,5-8H2,1H3. The third kappa shape index (κ3) is 15.0. The van der Waals surface area contributed by atoms with Crippen molar-refractivity contribution in [2.75, 3.05) is 58.9 Å². The van der Waals surface area contributed by atoms with E-state index in [1.165, 1.54) is 36.4 Å². The van der Waals surface area contributed by atoms with E-state index in [0.717, 1.165) is 71.7 Å². The van der Waals surface area contributed by atoms with Crippen molar-refractivity contribution < 1.29 is 55.9 Å². The Morgan fingerprint density at radius 1 is 0.556 bits per heavy atom. The number of nitriles is 1. The van der Waals surface area contributed by atoms with Crippen LogP contribution in [0.25, 0.3) is 0 Å². The van der Waals surface area contributed by atoms with Crippen molar-refractivity contribution in [1.82, 2.24) is 14.7 Å². The number of piperidine rings is 3. The Kier molecular flexibility index (Phi) is 19.9. The van der Waals surface area contributed by atoms with Crippen LogP contribution in [-0.2, 0) is 16.8 Å². The SMILES string of the molecule is CCCN1CCC(O)(c2ccc(C#N)c(OC(F)F)c2)CC1.CCCN1CCC(O)(c2ccc(Cl)c(OC(F)F)c2)CC1.CCN1CCC(O)(c2ccc(Cl)c(OC(F)F)c2)CC1. The highest BCUT2D eigenvalue weighted by Gasteiger charge is 2.37. The van der Waals surface area contributed by atoms with Crippen LogP contribution in [0.2, 0.25) is 10.0 Å². The first-order valence-electron chi connectivity index (χ1n) is 21.2. The highest BCUT2D eigenvalue weighted by molar-refractivity contribution is 6.32. The van der Waals surface area contributed by atoms with Gasteiger partial charge in [-0.1, -0.05) is 62.2 Å². The largest absolute Gasteiger partial charge is 0.433 e. The number of hydrogen-bond acceptors (Lipinski definition) is 10. The maximum Gasteiger partial charge on any atom is 0.387 e. The summed E-state index contributed by atoms with van der Waals surface area (Å²) >= 11 is 11.7. The van der Waals surface area contributed by atoms with E-state index in [1.54, 1.807) is 18.2 Å². The van der Waals surface area contributed by atoms with E-state index in [0.29, 0.717) is 55.2 Å². The molecule has 6 rings (SSSR count). The van der Waals surface area contributed by atoms with Gasteiger partial charge in [-0.3, -0.25) is 0 Å². The van der Waals surface area contributed by atoms with E-state index in [2.05, 4.69) is 49.7 Å². The predicted octanol–water partition coefficient (Wildman–Crippen LogP) is 9.73. The van der Waals surface area contributed by atoms with Gasteiger partial charge in [-0.15, -0.1) is 0 Å². The molecule has 3 aliphatic rings. The second-order valence-corrected chi connectivity index (χ2v) is 16.8. The van der Waals surface area contributed by atoms with Crippen LogP contribution in [0, 0.1) is 11.3 Å². The average Bonchev–Trinajstić information content (AvgIpc) is 3.24.